The van der Waals surface area contributed by atoms with Crippen molar-refractivity contribution < 1.29 is 28.9 Å². The van der Waals surface area contributed by atoms with Gasteiger partial charge in [0.2, 0.25) is 0 Å². The first-order chi connectivity index (χ1) is 12.4. The number of benzene rings is 2. The first-order valence-corrected chi connectivity index (χ1v) is 7.65. The van der Waals surface area contributed by atoms with Crippen molar-refractivity contribution in [1.29, 1.82) is 0 Å². The lowest BCUT2D eigenvalue weighted by atomic mass is 10.1. The number of aliphatic carboxylic acids is 1. The molecule has 26 heavy (non-hydrogen) atoms. The molecule has 0 aliphatic rings. The van der Waals surface area contributed by atoms with Gasteiger partial charge in [-0.3, -0.25) is 0 Å². The maximum atomic E-state index is 14.3. The molecule has 3 aromatic rings. The molecule has 1 heterocycles. The molecule has 0 spiro atoms. The zero-order valence-electron chi connectivity index (χ0n) is 14.0. The number of ether oxygens (including phenoxy) is 2. The zero-order chi connectivity index (χ0) is 18.8. The van der Waals surface area contributed by atoms with Crippen LogP contribution in [0.2, 0.25) is 0 Å². The Hall–Kier alpha value is -3.42. The van der Waals surface area contributed by atoms with Crippen molar-refractivity contribution in [1.82, 2.24) is 4.98 Å². The Bertz CT molecular complexity index is 970. The minimum absolute atomic E-state index is 0.0467. The number of halogens is 1. The van der Waals surface area contributed by atoms with Crippen LogP contribution in [-0.2, 0) is 4.79 Å². The van der Waals surface area contributed by atoms with Crippen LogP contribution >= 0.6 is 0 Å². The second-order valence-electron chi connectivity index (χ2n) is 5.59. The highest BCUT2D eigenvalue weighted by Crippen LogP contribution is 2.34. The molecule has 7 nitrogen and oxygen atoms in total. The summed E-state index contributed by atoms with van der Waals surface area (Å²) < 4.78 is 24.7. The summed E-state index contributed by atoms with van der Waals surface area (Å²) >= 11 is 0. The van der Waals surface area contributed by atoms with Gasteiger partial charge in [0.05, 0.1) is 19.9 Å². The molecule has 0 aliphatic heterocycles. The maximum Gasteiger partial charge on any atom is 0.330 e. The van der Waals surface area contributed by atoms with E-state index in [1.54, 1.807) is 12.1 Å². The third kappa shape index (κ3) is 3.08. The minimum Gasteiger partial charge on any atom is -0.494 e. The predicted molar refractivity (Wildman–Crippen MR) is 93.5 cm³/mol. The molecule has 3 rings (SSSR count). The molecule has 1 unspecified atom stereocenters. The van der Waals surface area contributed by atoms with Gasteiger partial charge in [-0.05, 0) is 29.8 Å². The quantitative estimate of drug-likeness (QED) is 0.538. The fourth-order valence-corrected chi connectivity index (χ4v) is 2.72. The van der Waals surface area contributed by atoms with Crippen molar-refractivity contribution in [2.75, 3.05) is 19.5 Å². The summed E-state index contributed by atoms with van der Waals surface area (Å²) in [6.07, 6.45) is 1.46. The first kappa shape index (κ1) is 17.4. The Kier molecular flexibility index (Phi) is 4.57. The Labute approximate surface area is 148 Å². The smallest absolute Gasteiger partial charge is 0.330 e. The third-order valence-corrected chi connectivity index (χ3v) is 4.05. The monoisotopic (exact) mass is 360 g/mol. The Morgan fingerprint density at radius 2 is 1.92 bits per heavy atom. The molecule has 0 saturated carbocycles. The van der Waals surface area contributed by atoms with Crippen molar-refractivity contribution in [3.63, 3.8) is 0 Å². The molecule has 4 N–H and O–H groups in total. The van der Waals surface area contributed by atoms with Crippen molar-refractivity contribution in [2.45, 2.75) is 6.04 Å². The van der Waals surface area contributed by atoms with Crippen LogP contribution in [0.5, 0.6) is 17.4 Å². The topological polar surface area (TPSA) is 104 Å². The lowest BCUT2D eigenvalue weighted by molar-refractivity contribution is -0.138. The molecule has 8 heteroatoms. The van der Waals surface area contributed by atoms with E-state index < -0.39 is 17.8 Å². The van der Waals surface area contributed by atoms with Crippen molar-refractivity contribution in [3.8, 4) is 17.4 Å². The number of rotatable bonds is 6. The largest absolute Gasteiger partial charge is 0.494 e. The van der Waals surface area contributed by atoms with Gasteiger partial charge in [-0.1, -0.05) is 6.07 Å². The molecule has 0 radical (unpaired) electrons. The number of carboxylic acids is 1. The van der Waals surface area contributed by atoms with E-state index in [2.05, 4.69) is 10.3 Å². The number of carbonyl (C=O) groups is 1. The van der Waals surface area contributed by atoms with Crippen LogP contribution in [0.15, 0.2) is 36.5 Å². The molecule has 0 amide bonds. The Morgan fingerprint density at radius 3 is 2.58 bits per heavy atom. The molecule has 2 aromatic carbocycles. The highest BCUT2D eigenvalue weighted by molar-refractivity contribution is 5.91. The highest BCUT2D eigenvalue weighted by Gasteiger charge is 2.23. The maximum absolute atomic E-state index is 14.3. The number of aromatic nitrogens is 1. The lowest BCUT2D eigenvalue weighted by Crippen LogP contribution is -2.21. The van der Waals surface area contributed by atoms with Crippen molar-refractivity contribution >= 4 is 22.4 Å². The van der Waals surface area contributed by atoms with E-state index in [9.17, 15) is 19.4 Å². The summed E-state index contributed by atoms with van der Waals surface area (Å²) in [7, 11) is 2.91. The molecule has 0 aliphatic carbocycles. The van der Waals surface area contributed by atoms with E-state index in [-0.39, 0.29) is 11.6 Å². The normalized spacial score (nSPS) is 12.0. The number of methoxy groups -OCH3 is 2. The van der Waals surface area contributed by atoms with Crippen LogP contribution in [0.1, 0.15) is 11.6 Å². The van der Waals surface area contributed by atoms with E-state index >= 15 is 0 Å². The second-order valence-corrected chi connectivity index (χ2v) is 5.59. The molecular formula is C18H17FN2O5. The molecule has 0 bridgehead atoms. The van der Waals surface area contributed by atoms with Gasteiger partial charge in [0.1, 0.15) is 5.82 Å². The fraction of sp³-hybridized carbons (Fsp3) is 0.167. The summed E-state index contributed by atoms with van der Waals surface area (Å²) in [6.45, 7) is 0. The number of fused-ring (bicyclic) bond motifs is 1. The SMILES string of the molecule is COc1ccc(C(Nc2cc3c(O)[nH]cc3cc2F)C(=O)O)cc1OC. The summed E-state index contributed by atoms with van der Waals surface area (Å²) in [5.41, 5.74) is 0.308. The standard InChI is InChI=1S/C18H17FN2O5/c1-25-14-4-3-9(6-15(14)26-2)16(18(23)24)21-13-7-11-10(5-12(13)19)8-20-17(11)22/h3-8,16,20-22H,1-2H3,(H,23,24). The van der Waals surface area contributed by atoms with E-state index in [0.717, 1.165) is 0 Å². The van der Waals surface area contributed by atoms with Gasteiger partial charge in [0, 0.05) is 17.0 Å². The zero-order valence-corrected chi connectivity index (χ0v) is 14.0. The number of aromatic amines is 1. The second kappa shape index (κ2) is 6.83. The molecular weight excluding hydrogens is 343 g/mol. The summed E-state index contributed by atoms with van der Waals surface area (Å²) in [5, 5.41) is 22.9. The highest BCUT2D eigenvalue weighted by atomic mass is 19.1. The van der Waals surface area contributed by atoms with E-state index in [0.29, 0.717) is 27.8 Å². The van der Waals surface area contributed by atoms with Crippen LogP contribution in [0.3, 0.4) is 0 Å². The predicted octanol–water partition coefficient (Wildman–Crippen LogP) is 3.27. The van der Waals surface area contributed by atoms with E-state index in [4.69, 9.17) is 9.47 Å². The van der Waals surface area contributed by atoms with Crippen LogP contribution in [0, 0.1) is 5.82 Å². The number of H-pyrrole nitrogens is 1. The number of anilines is 1. The average molecular weight is 360 g/mol. The number of hydrogen-bond donors (Lipinski definition) is 4. The van der Waals surface area contributed by atoms with Crippen LogP contribution in [-0.4, -0.2) is 35.4 Å². The van der Waals surface area contributed by atoms with Gasteiger partial charge in [0.15, 0.2) is 23.4 Å². The third-order valence-electron chi connectivity index (χ3n) is 4.05. The Balaban J connectivity index is 2.01. The van der Waals surface area contributed by atoms with Crippen LogP contribution in [0.4, 0.5) is 10.1 Å². The average Bonchev–Trinajstić information content (AvgIpc) is 2.98. The van der Waals surface area contributed by atoms with Gasteiger partial charge in [0.25, 0.3) is 0 Å². The molecule has 1 atom stereocenters. The van der Waals surface area contributed by atoms with Crippen molar-refractivity contribution in [3.05, 3.63) is 47.9 Å². The molecule has 136 valence electrons. The summed E-state index contributed by atoms with van der Waals surface area (Å²) in [5.74, 6) is -1.15. The van der Waals surface area contributed by atoms with Gasteiger partial charge >= 0.3 is 5.97 Å². The fourth-order valence-electron chi connectivity index (χ4n) is 2.72. The van der Waals surface area contributed by atoms with Gasteiger partial charge < -0.3 is 30.0 Å². The molecule has 0 saturated heterocycles. The van der Waals surface area contributed by atoms with E-state index in [1.165, 1.54) is 38.6 Å². The number of nitrogens with one attached hydrogen (secondary N) is 2. The van der Waals surface area contributed by atoms with Gasteiger partial charge in [-0.25, -0.2) is 9.18 Å². The molecule has 1 aromatic heterocycles. The summed E-state index contributed by atoms with van der Waals surface area (Å²) in [6, 6.07) is 5.97. The van der Waals surface area contributed by atoms with E-state index in [1.807, 2.05) is 0 Å². The van der Waals surface area contributed by atoms with Gasteiger partial charge in [-0.15, -0.1) is 0 Å². The summed E-state index contributed by atoms with van der Waals surface area (Å²) in [4.78, 5) is 14.3. The van der Waals surface area contributed by atoms with Crippen LogP contribution in [0.25, 0.3) is 10.8 Å². The minimum atomic E-state index is -1.23. The van der Waals surface area contributed by atoms with Crippen molar-refractivity contribution in [2.24, 2.45) is 0 Å². The first-order valence-electron chi connectivity index (χ1n) is 7.65. The van der Waals surface area contributed by atoms with Crippen LogP contribution < -0.4 is 14.8 Å². The lowest BCUT2D eigenvalue weighted by Gasteiger charge is -2.18. The number of aromatic hydroxyl groups is 1. The molecule has 0 fully saturated rings. The number of hydrogen-bond acceptors (Lipinski definition) is 5. The number of carboxylic acid groups (broad SMARTS) is 1. The van der Waals surface area contributed by atoms with Gasteiger partial charge in [-0.2, -0.15) is 0 Å². The Morgan fingerprint density at radius 1 is 1.19 bits per heavy atom.